The molecule has 0 saturated heterocycles. The molecule has 2 rings (SSSR count). The molecule has 72 valence electrons. The van der Waals surface area contributed by atoms with Crippen LogP contribution in [0.2, 0.25) is 0 Å². The highest BCUT2D eigenvalue weighted by molar-refractivity contribution is 7.09. The SMILES string of the molecule is Cc1csc(COC2CC(N)C2)n1. The van der Waals surface area contributed by atoms with Crippen molar-refractivity contribution in [3.8, 4) is 0 Å². The molecule has 0 spiro atoms. The van der Waals surface area contributed by atoms with E-state index in [-0.39, 0.29) is 0 Å². The topological polar surface area (TPSA) is 48.1 Å². The van der Waals surface area contributed by atoms with Gasteiger partial charge < -0.3 is 10.5 Å². The number of nitrogens with two attached hydrogens (primary N) is 1. The summed E-state index contributed by atoms with van der Waals surface area (Å²) in [6, 6.07) is 0.364. The maximum Gasteiger partial charge on any atom is 0.119 e. The lowest BCUT2D eigenvalue weighted by Gasteiger charge is -2.31. The predicted molar refractivity (Wildman–Crippen MR) is 52.6 cm³/mol. The Hall–Kier alpha value is -0.450. The normalized spacial score (nSPS) is 27.2. The molecule has 0 atom stereocenters. The average molecular weight is 198 g/mol. The molecular weight excluding hydrogens is 184 g/mol. The van der Waals surface area contributed by atoms with Gasteiger partial charge in [-0.25, -0.2) is 4.98 Å². The number of aromatic nitrogens is 1. The van der Waals surface area contributed by atoms with Gasteiger partial charge in [0.05, 0.1) is 12.7 Å². The molecule has 1 aromatic rings. The second-order valence-corrected chi connectivity index (χ2v) is 4.49. The van der Waals surface area contributed by atoms with Crippen LogP contribution in [-0.2, 0) is 11.3 Å². The van der Waals surface area contributed by atoms with E-state index < -0.39 is 0 Å². The molecule has 3 nitrogen and oxygen atoms in total. The van der Waals surface area contributed by atoms with Crippen molar-refractivity contribution in [3.05, 3.63) is 16.1 Å². The van der Waals surface area contributed by atoms with E-state index >= 15 is 0 Å². The summed E-state index contributed by atoms with van der Waals surface area (Å²) in [6.45, 7) is 2.65. The van der Waals surface area contributed by atoms with Crippen molar-refractivity contribution in [2.45, 2.75) is 38.5 Å². The predicted octanol–water partition coefficient (Wildman–Crippen LogP) is 1.46. The largest absolute Gasteiger partial charge is 0.371 e. The van der Waals surface area contributed by atoms with Gasteiger partial charge in [-0.15, -0.1) is 11.3 Å². The van der Waals surface area contributed by atoms with E-state index in [9.17, 15) is 0 Å². The van der Waals surface area contributed by atoms with Gasteiger partial charge in [-0.05, 0) is 19.8 Å². The zero-order valence-electron chi connectivity index (χ0n) is 7.69. The lowest BCUT2D eigenvalue weighted by molar-refractivity contribution is -0.0189. The van der Waals surface area contributed by atoms with Gasteiger partial charge in [-0.2, -0.15) is 0 Å². The van der Waals surface area contributed by atoms with E-state index in [1.165, 1.54) is 0 Å². The lowest BCUT2D eigenvalue weighted by Crippen LogP contribution is -2.41. The molecular formula is C9H14N2OS. The highest BCUT2D eigenvalue weighted by Crippen LogP contribution is 2.23. The molecule has 0 unspecified atom stereocenters. The number of ether oxygens (including phenoxy) is 1. The van der Waals surface area contributed by atoms with Crippen molar-refractivity contribution in [1.29, 1.82) is 0 Å². The minimum Gasteiger partial charge on any atom is -0.371 e. The fourth-order valence-corrected chi connectivity index (χ4v) is 2.09. The van der Waals surface area contributed by atoms with Gasteiger partial charge in [0.25, 0.3) is 0 Å². The van der Waals surface area contributed by atoms with Gasteiger partial charge in [0, 0.05) is 17.1 Å². The maximum absolute atomic E-state index is 5.65. The molecule has 0 bridgehead atoms. The summed E-state index contributed by atoms with van der Waals surface area (Å²) in [6.07, 6.45) is 2.38. The van der Waals surface area contributed by atoms with Crippen LogP contribution in [0, 0.1) is 6.92 Å². The zero-order valence-corrected chi connectivity index (χ0v) is 8.51. The van der Waals surface area contributed by atoms with Crippen LogP contribution in [0.1, 0.15) is 23.5 Å². The van der Waals surface area contributed by atoms with Crippen LogP contribution in [0.4, 0.5) is 0 Å². The van der Waals surface area contributed by atoms with Gasteiger partial charge in [0.2, 0.25) is 0 Å². The minimum absolute atomic E-state index is 0.364. The number of rotatable bonds is 3. The molecule has 1 aliphatic carbocycles. The van der Waals surface area contributed by atoms with E-state index in [0.717, 1.165) is 23.5 Å². The van der Waals surface area contributed by atoms with Gasteiger partial charge >= 0.3 is 0 Å². The summed E-state index contributed by atoms with van der Waals surface area (Å²) in [7, 11) is 0. The molecule has 1 aromatic heterocycles. The molecule has 0 amide bonds. The Balaban J connectivity index is 1.74. The third-order valence-electron chi connectivity index (χ3n) is 2.24. The maximum atomic E-state index is 5.65. The van der Waals surface area contributed by atoms with E-state index in [2.05, 4.69) is 4.98 Å². The second kappa shape index (κ2) is 3.74. The third-order valence-corrected chi connectivity index (χ3v) is 3.18. The molecule has 13 heavy (non-hydrogen) atoms. The van der Waals surface area contributed by atoms with Crippen molar-refractivity contribution in [3.63, 3.8) is 0 Å². The minimum atomic E-state index is 0.364. The number of aryl methyl sites for hydroxylation is 1. The number of thiazole rings is 1. The molecule has 2 N–H and O–H groups in total. The van der Waals surface area contributed by atoms with Crippen molar-refractivity contribution in [2.75, 3.05) is 0 Å². The number of nitrogens with zero attached hydrogens (tertiary/aromatic N) is 1. The Labute approximate surface area is 81.9 Å². The molecule has 0 aromatic carbocycles. The van der Waals surface area contributed by atoms with Gasteiger partial charge in [0.15, 0.2) is 0 Å². The van der Waals surface area contributed by atoms with Crippen LogP contribution in [0.3, 0.4) is 0 Å². The third kappa shape index (κ3) is 2.27. The number of hydrogen-bond acceptors (Lipinski definition) is 4. The van der Waals surface area contributed by atoms with Gasteiger partial charge in [-0.3, -0.25) is 0 Å². The summed E-state index contributed by atoms with van der Waals surface area (Å²) in [5, 5.41) is 3.11. The smallest absolute Gasteiger partial charge is 0.119 e. The van der Waals surface area contributed by atoms with Crippen LogP contribution in [0.5, 0.6) is 0 Å². The van der Waals surface area contributed by atoms with Crippen LogP contribution in [0.15, 0.2) is 5.38 Å². The molecule has 1 fully saturated rings. The van der Waals surface area contributed by atoms with Gasteiger partial charge in [0.1, 0.15) is 5.01 Å². The number of hydrogen-bond donors (Lipinski definition) is 1. The first-order chi connectivity index (χ1) is 6.24. The molecule has 0 radical (unpaired) electrons. The van der Waals surface area contributed by atoms with E-state index in [4.69, 9.17) is 10.5 Å². The zero-order chi connectivity index (χ0) is 9.26. The Morgan fingerprint density at radius 3 is 3.00 bits per heavy atom. The molecule has 0 aliphatic heterocycles. The first-order valence-corrected chi connectivity index (χ1v) is 5.40. The quantitative estimate of drug-likeness (QED) is 0.800. The van der Waals surface area contributed by atoms with Crippen LogP contribution >= 0.6 is 11.3 Å². The fourth-order valence-electron chi connectivity index (χ4n) is 1.40. The molecule has 4 heteroatoms. The lowest BCUT2D eigenvalue weighted by atomic mass is 9.90. The van der Waals surface area contributed by atoms with E-state index in [0.29, 0.717) is 18.8 Å². The van der Waals surface area contributed by atoms with Crippen molar-refractivity contribution < 1.29 is 4.74 Å². The standard InChI is InChI=1S/C9H14N2OS/c1-6-5-13-9(11-6)4-12-8-2-7(10)3-8/h5,7-8H,2-4,10H2,1H3. The second-order valence-electron chi connectivity index (χ2n) is 3.55. The highest BCUT2D eigenvalue weighted by Gasteiger charge is 2.26. The van der Waals surface area contributed by atoms with Crippen LogP contribution in [0.25, 0.3) is 0 Å². The molecule has 1 saturated carbocycles. The fraction of sp³-hybridized carbons (Fsp3) is 0.667. The summed E-state index contributed by atoms with van der Waals surface area (Å²) in [5.41, 5.74) is 6.73. The van der Waals surface area contributed by atoms with E-state index in [1.807, 2.05) is 12.3 Å². The summed E-state index contributed by atoms with van der Waals surface area (Å²) in [5.74, 6) is 0. The summed E-state index contributed by atoms with van der Waals surface area (Å²) < 4.78 is 5.62. The highest BCUT2D eigenvalue weighted by atomic mass is 32.1. The van der Waals surface area contributed by atoms with E-state index in [1.54, 1.807) is 11.3 Å². The first kappa shape index (κ1) is 9.12. The monoisotopic (exact) mass is 198 g/mol. The van der Waals surface area contributed by atoms with Crippen molar-refractivity contribution in [1.82, 2.24) is 4.98 Å². The Morgan fingerprint density at radius 2 is 2.46 bits per heavy atom. The molecule has 1 heterocycles. The van der Waals surface area contributed by atoms with Gasteiger partial charge in [-0.1, -0.05) is 0 Å². The summed E-state index contributed by atoms with van der Waals surface area (Å²) in [4.78, 5) is 4.32. The van der Waals surface area contributed by atoms with Crippen molar-refractivity contribution >= 4 is 11.3 Å². The Kier molecular flexibility index (Phi) is 2.62. The Morgan fingerprint density at radius 1 is 1.69 bits per heavy atom. The van der Waals surface area contributed by atoms with Crippen LogP contribution in [-0.4, -0.2) is 17.1 Å². The first-order valence-electron chi connectivity index (χ1n) is 4.52. The summed E-state index contributed by atoms with van der Waals surface area (Å²) >= 11 is 1.66. The average Bonchev–Trinajstić information content (AvgIpc) is 2.43. The Bertz CT molecular complexity index is 281. The molecule has 1 aliphatic rings. The van der Waals surface area contributed by atoms with Crippen molar-refractivity contribution in [2.24, 2.45) is 5.73 Å². The van der Waals surface area contributed by atoms with Crippen LogP contribution < -0.4 is 5.73 Å².